The lowest BCUT2D eigenvalue weighted by Crippen LogP contribution is -2.21. The van der Waals surface area contributed by atoms with Crippen LogP contribution in [0.3, 0.4) is 0 Å². The minimum absolute atomic E-state index is 0.705. The van der Waals surface area contributed by atoms with Crippen molar-refractivity contribution in [2.45, 2.75) is 44.9 Å². The molecule has 0 aromatic rings. The summed E-state index contributed by atoms with van der Waals surface area (Å²) in [7, 11) is 0. The van der Waals surface area contributed by atoms with E-state index in [1.54, 1.807) is 0 Å². The summed E-state index contributed by atoms with van der Waals surface area (Å²) >= 11 is 0. The highest BCUT2D eigenvalue weighted by molar-refractivity contribution is 5.12. The Kier molecular flexibility index (Phi) is 1.55. The molecular weight excluding hydrogens is 120 g/mol. The third-order valence-corrected chi connectivity index (χ3v) is 3.10. The summed E-state index contributed by atoms with van der Waals surface area (Å²) in [5, 5.41) is 0. The van der Waals surface area contributed by atoms with Crippen molar-refractivity contribution in [3.63, 3.8) is 0 Å². The fourth-order valence-electron chi connectivity index (χ4n) is 2.25. The molecule has 2 rings (SSSR count). The van der Waals surface area contributed by atoms with Gasteiger partial charge < -0.3 is 0 Å². The minimum atomic E-state index is 0.705. The zero-order valence-corrected chi connectivity index (χ0v) is 6.60. The minimum Gasteiger partial charge on any atom is -0.0871 e. The lowest BCUT2D eigenvalue weighted by Gasteiger charge is -2.34. The van der Waals surface area contributed by atoms with Crippen molar-refractivity contribution in [1.29, 1.82) is 0 Å². The van der Waals surface area contributed by atoms with Crippen molar-refractivity contribution < 1.29 is 0 Å². The predicted octanol–water partition coefficient (Wildman–Crippen LogP) is 3.29. The van der Waals surface area contributed by atoms with E-state index in [4.69, 9.17) is 0 Å². The van der Waals surface area contributed by atoms with E-state index in [0.717, 1.165) is 0 Å². The van der Waals surface area contributed by atoms with Crippen molar-refractivity contribution >= 4 is 0 Å². The van der Waals surface area contributed by atoms with Gasteiger partial charge in [0, 0.05) is 0 Å². The van der Waals surface area contributed by atoms with Crippen LogP contribution < -0.4 is 0 Å². The van der Waals surface area contributed by atoms with Gasteiger partial charge in [-0.05, 0) is 24.7 Å². The van der Waals surface area contributed by atoms with Gasteiger partial charge in [0.15, 0.2) is 0 Å². The van der Waals surface area contributed by atoms with Gasteiger partial charge in [0.2, 0.25) is 0 Å². The first-order valence-corrected chi connectivity index (χ1v) is 4.59. The van der Waals surface area contributed by atoms with Crippen LogP contribution in [-0.4, -0.2) is 0 Å². The fraction of sp³-hybridized carbons (Fsp3) is 0.800. The standard InChI is InChI=1S/C10H16/c1-2-4-7-10(6-3-1)8-5-9-10/h5,8H,1-4,6-7,9H2. The Labute approximate surface area is 63.3 Å². The van der Waals surface area contributed by atoms with E-state index >= 15 is 0 Å². The van der Waals surface area contributed by atoms with Crippen molar-refractivity contribution in [3.05, 3.63) is 12.2 Å². The molecule has 0 N–H and O–H groups in total. The molecule has 2 aliphatic rings. The zero-order chi connectivity index (χ0) is 6.86. The maximum atomic E-state index is 2.46. The Balaban J connectivity index is 2.00. The second kappa shape index (κ2) is 2.41. The van der Waals surface area contributed by atoms with E-state index in [9.17, 15) is 0 Å². The molecule has 0 amide bonds. The molecule has 0 saturated heterocycles. The van der Waals surface area contributed by atoms with Crippen LogP contribution in [0.25, 0.3) is 0 Å². The molecule has 1 saturated carbocycles. The summed E-state index contributed by atoms with van der Waals surface area (Å²) in [5.41, 5.74) is 0.705. The Morgan fingerprint density at radius 1 is 0.900 bits per heavy atom. The number of hydrogen-bond donors (Lipinski definition) is 0. The largest absolute Gasteiger partial charge is 0.0871 e. The van der Waals surface area contributed by atoms with Crippen LogP contribution in [0.1, 0.15) is 44.9 Å². The number of hydrogen-bond acceptors (Lipinski definition) is 0. The Morgan fingerprint density at radius 3 is 1.90 bits per heavy atom. The van der Waals surface area contributed by atoms with Crippen LogP contribution in [0.15, 0.2) is 12.2 Å². The molecule has 0 bridgehead atoms. The quantitative estimate of drug-likeness (QED) is 0.448. The SMILES string of the molecule is C1=CC2(C1)CCCCCC2. The summed E-state index contributed by atoms with van der Waals surface area (Å²) in [6, 6.07) is 0. The topological polar surface area (TPSA) is 0 Å². The third kappa shape index (κ3) is 1.00. The maximum Gasteiger partial charge on any atom is -0.00838 e. The highest BCUT2D eigenvalue weighted by atomic mass is 14.4. The molecule has 0 nitrogen and oxygen atoms in total. The van der Waals surface area contributed by atoms with Crippen molar-refractivity contribution in [2.24, 2.45) is 5.41 Å². The average Bonchev–Trinajstić information content (AvgIpc) is 2.08. The van der Waals surface area contributed by atoms with Crippen molar-refractivity contribution in [3.8, 4) is 0 Å². The predicted molar refractivity (Wildman–Crippen MR) is 43.9 cm³/mol. The molecule has 0 aromatic heterocycles. The van der Waals surface area contributed by atoms with Crippen LogP contribution in [0.2, 0.25) is 0 Å². The van der Waals surface area contributed by atoms with E-state index in [1.807, 2.05) is 0 Å². The monoisotopic (exact) mass is 136 g/mol. The van der Waals surface area contributed by atoms with Gasteiger partial charge in [0.25, 0.3) is 0 Å². The molecule has 1 spiro atoms. The van der Waals surface area contributed by atoms with Gasteiger partial charge in [-0.15, -0.1) is 0 Å². The number of rotatable bonds is 0. The molecule has 1 fully saturated rings. The van der Waals surface area contributed by atoms with E-state index in [0.29, 0.717) is 5.41 Å². The highest BCUT2D eigenvalue weighted by Crippen LogP contribution is 2.44. The number of allylic oxidation sites excluding steroid dienone is 2. The van der Waals surface area contributed by atoms with Crippen LogP contribution in [0.5, 0.6) is 0 Å². The molecule has 0 radical (unpaired) electrons. The van der Waals surface area contributed by atoms with Gasteiger partial charge in [-0.2, -0.15) is 0 Å². The molecule has 0 aromatic carbocycles. The normalized spacial score (nSPS) is 29.6. The summed E-state index contributed by atoms with van der Waals surface area (Å²) in [5.74, 6) is 0. The second-order valence-corrected chi connectivity index (χ2v) is 3.88. The van der Waals surface area contributed by atoms with E-state index in [-0.39, 0.29) is 0 Å². The first kappa shape index (κ1) is 6.45. The maximum absolute atomic E-state index is 2.46. The molecule has 2 aliphatic carbocycles. The van der Waals surface area contributed by atoms with Gasteiger partial charge in [0.1, 0.15) is 0 Å². The molecule has 0 atom stereocenters. The average molecular weight is 136 g/mol. The molecule has 0 heterocycles. The van der Waals surface area contributed by atoms with Gasteiger partial charge in [-0.1, -0.05) is 37.8 Å². The third-order valence-electron chi connectivity index (χ3n) is 3.10. The summed E-state index contributed by atoms with van der Waals surface area (Å²) in [4.78, 5) is 0. The van der Waals surface area contributed by atoms with Crippen LogP contribution >= 0.6 is 0 Å². The van der Waals surface area contributed by atoms with Crippen LogP contribution in [0, 0.1) is 5.41 Å². The molecule has 0 aliphatic heterocycles. The summed E-state index contributed by atoms with van der Waals surface area (Å²) in [6.07, 6.45) is 15.0. The highest BCUT2D eigenvalue weighted by Gasteiger charge is 2.31. The van der Waals surface area contributed by atoms with E-state index < -0.39 is 0 Å². The Hall–Kier alpha value is -0.260. The lowest BCUT2D eigenvalue weighted by molar-refractivity contribution is 0.301. The van der Waals surface area contributed by atoms with Gasteiger partial charge in [-0.3, -0.25) is 0 Å². The van der Waals surface area contributed by atoms with Gasteiger partial charge in [0.05, 0.1) is 0 Å². The molecule has 10 heavy (non-hydrogen) atoms. The van der Waals surface area contributed by atoms with Gasteiger partial charge in [-0.25, -0.2) is 0 Å². The Bertz CT molecular complexity index is 136. The zero-order valence-electron chi connectivity index (χ0n) is 6.60. The van der Waals surface area contributed by atoms with Crippen LogP contribution in [0.4, 0.5) is 0 Å². The van der Waals surface area contributed by atoms with Crippen LogP contribution in [-0.2, 0) is 0 Å². The molecule has 0 unspecified atom stereocenters. The Morgan fingerprint density at radius 2 is 1.50 bits per heavy atom. The second-order valence-electron chi connectivity index (χ2n) is 3.88. The van der Waals surface area contributed by atoms with E-state index in [2.05, 4.69) is 12.2 Å². The van der Waals surface area contributed by atoms with Gasteiger partial charge >= 0.3 is 0 Å². The first-order valence-electron chi connectivity index (χ1n) is 4.59. The lowest BCUT2D eigenvalue weighted by atomic mass is 9.71. The van der Waals surface area contributed by atoms with Crippen molar-refractivity contribution in [2.75, 3.05) is 0 Å². The summed E-state index contributed by atoms with van der Waals surface area (Å²) < 4.78 is 0. The molecule has 0 heteroatoms. The summed E-state index contributed by atoms with van der Waals surface area (Å²) in [6.45, 7) is 0. The molecule has 56 valence electrons. The van der Waals surface area contributed by atoms with E-state index in [1.165, 1.54) is 44.9 Å². The fourth-order valence-corrected chi connectivity index (χ4v) is 2.25. The first-order chi connectivity index (χ1) is 4.91. The smallest absolute Gasteiger partial charge is 0.00838 e. The van der Waals surface area contributed by atoms with Crippen molar-refractivity contribution in [1.82, 2.24) is 0 Å². The molecular formula is C10H16.